The summed E-state index contributed by atoms with van der Waals surface area (Å²) in [6.45, 7) is 3.73. The van der Waals surface area contributed by atoms with Crippen LogP contribution in [0.5, 0.6) is 0 Å². The van der Waals surface area contributed by atoms with Gasteiger partial charge >= 0.3 is 5.76 Å². The molecule has 0 aliphatic rings. The van der Waals surface area contributed by atoms with Gasteiger partial charge in [-0.2, -0.15) is 0 Å². The number of aromatic amines is 1. The van der Waals surface area contributed by atoms with E-state index < -0.39 is 5.76 Å². The van der Waals surface area contributed by atoms with Gasteiger partial charge in [0.05, 0.1) is 11.2 Å². The molecule has 0 radical (unpaired) electrons. The number of hydrogen-bond acceptors (Lipinski definition) is 6. The number of hydrogen-bond donors (Lipinski definition) is 2. The molecule has 0 aliphatic heterocycles. The fourth-order valence-electron chi connectivity index (χ4n) is 1.66. The molecular formula is C12H11N3O3S. The second-order valence-electron chi connectivity index (χ2n) is 4.12. The zero-order chi connectivity index (χ0) is 13.6. The van der Waals surface area contributed by atoms with Crippen LogP contribution in [-0.4, -0.2) is 9.97 Å². The Hall–Kier alpha value is -2.15. The molecule has 2 heterocycles. The van der Waals surface area contributed by atoms with Crippen molar-refractivity contribution < 1.29 is 8.83 Å². The van der Waals surface area contributed by atoms with Gasteiger partial charge in [-0.05, 0) is 31.7 Å². The first-order valence-electron chi connectivity index (χ1n) is 5.57. The Morgan fingerprint density at radius 2 is 2.11 bits per heavy atom. The SMILES string of the molecule is Cc1nc(Sc2cc3[nH]c(=O)oc3cc2N)oc1C. The Morgan fingerprint density at radius 1 is 1.32 bits per heavy atom. The van der Waals surface area contributed by atoms with Crippen LogP contribution in [0.15, 0.2) is 35.9 Å². The second-order valence-corrected chi connectivity index (χ2v) is 5.12. The van der Waals surface area contributed by atoms with Gasteiger partial charge in [-0.3, -0.25) is 4.98 Å². The van der Waals surface area contributed by atoms with E-state index in [4.69, 9.17) is 14.6 Å². The number of nitrogen functional groups attached to an aromatic ring is 1. The summed E-state index contributed by atoms with van der Waals surface area (Å²) in [6, 6.07) is 3.35. The molecule has 6 nitrogen and oxygen atoms in total. The smallest absolute Gasteiger partial charge is 0.417 e. The molecule has 0 saturated heterocycles. The summed E-state index contributed by atoms with van der Waals surface area (Å²) in [4.78, 5) is 18.7. The van der Waals surface area contributed by atoms with E-state index in [1.165, 1.54) is 11.8 Å². The van der Waals surface area contributed by atoms with Gasteiger partial charge in [0.25, 0.3) is 5.22 Å². The first kappa shape index (κ1) is 11.9. The fraction of sp³-hybridized carbons (Fsp3) is 0.167. The lowest BCUT2D eigenvalue weighted by Gasteiger charge is -2.01. The molecule has 3 rings (SSSR count). The lowest BCUT2D eigenvalue weighted by molar-refractivity contribution is 0.431. The molecule has 98 valence electrons. The molecule has 0 saturated carbocycles. The lowest BCUT2D eigenvalue weighted by atomic mass is 10.3. The largest absolute Gasteiger partial charge is 0.436 e. The van der Waals surface area contributed by atoms with Crippen molar-refractivity contribution in [1.82, 2.24) is 9.97 Å². The Kier molecular flexibility index (Phi) is 2.63. The van der Waals surface area contributed by atoms with Gasteiger partial charge < -0.3 is 14.6 Å². The van der Waals surface area contributed by atoms with Crippen molar-refractivity contribution in [2.24, 2.45) is 0 Å². The Balaban J connectivity index is 2.04. The number of aryl methyl sites for hydroxylation is 2. The third kappa shape index (κ3) is 2.12. The first-order valence-corrected chi connectivity index (χ1v) is 6.39. The van der Waals surface area contributed by atoms with E-state index in [1.54, 1.807) is 12.1 Å². The molecular weight excluding hydrogens is 266 g/mol. The Labute approximate surface area is 112 Å². The number of nitrogens with one attached hydrogen (secondary N) is 1. The number of anilines is 1. The minimum absolute atomic E-state index is 0.437. The number of oxazole rings is 2. The Morgan fingerprint density at radius 3 is 2.79 bits per heavy atom. The monoisotopic (exact) mass is 277 g/mol. The number of aromatic nitrogens is 2. The third-order valence-electron chi connectivity index (χ3n) is 2.76. The molecule has 0 amide bonds. The van der Waals surface area contributed by atoms with Gasteiger partial charge in [-0.25, -0.2) is 9.78 Å². The van der Waals surface area contributed by atoms with E-state index in [9.17, 15) is 4.79 Å². The van der Waals surface area contributed by atoms with Crippen molar-refractivity contribution in [2.75, 3.05) is 5.73 Å². The zero-order valence-electron chi connectivity index (χ0n) is 10.3. The normalized spacial score (nSPS) is 11.3. The van der Waals surface area contributed by atoms with Gasteiger partial charge in [0, 0.05) is 16.6 Å². The van der Waals surface area contributed by atoms with Crippen LogP contribution in [0.25, 0.3) is 11.1 Å². The van der Waals surface area contributed by atoms with Crippen molar-refractivity contribution in [2.45, 2.75) is 24.0 Å². The van der Waals surface area contributed by atoms with Gasteiger partial charge in [0.1, 0.15) is 5.76 Å². The van der Waals surface area contributed by atoms with Gasteiger partial charge in [0.2, 0.25) is 0 Å². The minimum atomic E-state index is -0.501. The molecule has 2 aromatic heterocycles. The third-order valence-corrected chi connectivity index (χ3v) is 3.68. The van der Waals surface area contributed by atoms with Gasteiger partial charge in [-0.15, -0.1) is 0 Å². The maximum absolute atomic E-state index is 11.1. The highest BCUT2D eigenvalue weighted by Crippen LogP contribution is 2.34. The molecule has 3 N–H and O–H groups in total. The number of H-pyrrole nitrogens is 1. The average molecular weight is 277 g/mol. The number of nitrogens with zero attached hydrogens (tertiary/aromatic N) is 1. The van der Waals surface area contributed by atoms with Crippen LogP contribution in [0.3, 0.4) is 0 Å². The van der Waals surface area contributed by atoms with E-state index in [-0.39, 0.29) is 0 Å². The highest BCUT2D eigenvalue weighted by molar-refractivity contribution is 7.99. The minimum Gasteiger partial charge on any atom is -0.436 e. The molecule has 7 heteroatoms. The molecule has 1 aromatic carbocycles. The van der Waals surface area contributed by atoms with Crippen molar-refractivity contribution in [3.63, 3.8) is 0 Å². The predicted molar refractivity (Wildman–Crippen MR) is 71.3 cm³/mol. The van der Waals surface area contributed by atoms with Crippen LogP contribution in [0.2, 0.25) is 0 Å². The molecule has 0 atom stereocenters. The molecule has 0 spiro atoms. The zero-order valence-corrected chi connectivity index (χ0v) is 11.1. The summed E-state index contributed by atoms with van der Waals surface area (Å²) >= 11 is 1.31. The molecule has 0 aliphatic carbocycles. The summed E-state index contributed by atoms with van der Waals surface area (Å²) in [7, 11) is 0. The topological polar surface area (TPSA) is 98.0 Å². The lowest BCUT2D eigenvalue weighted by Crippen LogP contribution is -1.93. The van der Waals surface area contributed by atoms with Crippen LogP contribution in [0.1, 0.15) is 11.5 Å². The summed E-state index contributed by atoms with van der Waals surface area (Å²) in [5, 5.41) is 0.520. The summed E-state index contributed by atoms with van der Waals surface area (Å²) in [5.74, 6) is 0.276. The van der Waals surface area contributed by atoms with Crippen LogP contribution in [0.4, 0.5) is 5.69 Å². The van der Waals surface area contributed by atoms with E-state index in [1.807, 2.05) is 13.8 Å². The van der Waals surface area contributed by atoms with Crippen molar-refractivity contribution in [3.8, 4) is 0 Å². The summed E-state index contributed by atoms with van der Waals surface area (Å²) in [6.07, 6.45) is 0. The quantitative estimate of drug-likeness (QED) is 0.698. The number of benzene rings is 1. The van der Waals surface area contributed by atoms with Gasteiger partial charge in [-0.1, -0.05) is 0 Å². The average Bonchev–Trinajstić information content (AvgIpc) is 2.82. The van der Waals surface area contributed by atoms with Crippen molar-refractivity contribution in [1.29, 1.82) is 0 Å². The molecule has 0 unspecified atom stereocenters. The van der Waals surface area contributed by atoms with Crippen LogP contribution in [0, 0.1) is 13.8 Å². The number of rotatable bonds is 2. The summed E-state index contributed by atoms with van der Waals surface area (Å²) in [5.41, 5.74) is 8.31. The molecule has 3 aromatic rings. The van der Waals surface area contributed by atoms with Gasteiger partial charge in [0.15, 0.2) is 5.58 Å². The summed E-state index contributed by atoms with van der Waals surface area (Å²) < 4.78 is 10.4. The van der Waals surface area contributed by atoms with E-state index in [0.717, 1.165) is 16.3 Å². The van der Waals surface area contributed by atoms with E-state index in [0.29, 0.717) is 22.0 Å². The number of fused-ring (bicyclic) bond motifs is 1. The maximum atomic E-state index is 11.1. The van der Waals surface area contributed by atoms with E-state index in [2.05, 4.69) is 9.97 Å². The Bertz CT molecular complexity index is 796. The maximum Gasteiger partial charge on any atom is 0.417 e. The predicted octanol–water partition coefficient (Wildman–Crippen LogP) is 2.46. The second kappa shape index (κ2) is 4.20. The standard InChI is InChI=1S/C12H11N3O3S/c1-5-6(2)17-12(14-5)19-10-4-8-9(3-7(10)13)18-11(16)15-8/h3-4H,13H2,1-2H3,(H,15,16). The highest BCUT2D eigenvalue weighted by Gasteiger charge is 2.12. The van der Waals surface area contributed by atoms with Crippen molar-refractivity contribution in [3.05, 3.63) is 34.1 Å². The molecule has 0 fully saturated rings. The highest BCUT2D eigenvalue weighted by atomic mass is 32.2. The van der Waals surface area contributed by atoms with Crippen molar-refractivity contribution >= 4 is 28.5 Å². The van der Waals surface area contributed by atoms with E-state index >= 15 is 0 Å². The van der Waals surface area contributed by atoms with Crippen LogP contribution >= 0.6 is 11.8 Å². The molecule has 19 heavy (non-hydrogen) atoms. The first-order chi connectivity index (χ1) is 9.02. The molecule has 0 bridgehead atoms. The number of nitrogens with two attached hydrogens (primary N) is 1. The fourth-order valence-corrected chi connectivity index (χ4v) is 2.55. The van der Waals surface area contributed by atoms with Crippen LogP contribution in [-0.2, 0) is 0 Å². The van der Waals surface area contributed by atoms with Crippen LogP contribution < -0.4 is 11.5 Å².